The number of furan rings is 1. The summed E-state index contributed by atoms with van der Waals surface area (Å²) in [6.45, 7) is 4.67. The Bertz CT molecular complexity index is 606. The van der Waals surface area contributed by atoms with Gasteiger partial charge in [0.15, 0.2) is 0 Å². The molecule has 0 unspecified atom stereocenters. The summed E-state index contributed by atoms with van der Waals surface area (Å²) < 4.78 is 5.26. The van der Waals surface area contributed by atoms with Gasteiger partial charge in [0.05, 0.1) is 12.8 Å². The Labute approximate surface area is 132 Å². The molecule has 2 amide bonds. The first-order valence-electron chi connectivity index (χ1n) is 7.74. The Kier molecular flexibility index (Phi) is 5.64. The summed E-state index contributed by atoms with van der Waals surface area (Å²) in [5.41, 5.74) is 3.27. The summed E-state index contributed by atoms with van der Waals surface area (Å²) >= 11 is 0. The predicted molar refractivity (Wildman–Crippen MR) is 89.0 cm³/mol. The van der Waals surface area contributed by atoms with E-state index in [1.54, 1.807) is 18.2 Å². The number of carbonyl (C=O) groups excluding carboxylic acids is 1. The number of benzene rings is 1. The van der Waals surface area contributed by atoms with Gasteiger partial charge in [-0.05, 0) is 49.1 Å². The van der Waals surface area contributed by atoms with Crippen LogP contribution in [0.3, 0.4) is 0 Å². The number of hydrogen-bond acceptors (Lipinski definition) is 2. The van der Waals surface area contributed by atoms with Crippen molar-refractivity contribution in [1.82, 2.24) is 4.90 Å². The zero-order chi connectivity index (χ0) is 15.9. The summed E-state index contributed by atoms with van der Waals surface area (Å²) in [4.78, 5) is 13.8. The van der Waals surface area contributed by atoms with Crippen LogP contribution in [0.1, 0.15) is 36.7 Å². The summed E-state index contributed by atoms with van der Waals surface area (Å²) in [5, 5.41) is 2.95. The number of rotatable bonds is 6. The molecule has 0 fully saturated rings. The molecule has 0 radical (unpaired) electrons. The molecule has 0 saturated heterocycles. The number of carbonyl (C=O) groups is 1. The van der Waals surface area contributed by atoms with E-state index in [1.807, 2.05) is 25.1 Å². The third-order valence-corrected chi connectivity index (χ3v) is 3.67. The molecular weight excluding hydrogens is 276 g/mol. The molecule has 0 saturated carbocycles. The highest BCUT2D eigenvalue weighted by Gasteiger charge is 2.12. The van der Waals surface area contributed by atoms with Crippen molar-refractivity contribution in [3.8, 4) is 0 Å². The monoisotopic (exact) mass is 300 g/mol. The summed E-state index contributed by atoms with van der Waals surface area (Å²) in [7, 11) is 1.75. The van der Waals surface area contributed by atoms with Crippen molar-refractivity contribution in [2.24, 2.45) is 0 Å². The predicted octanol–water partition coefficient (Wildman–Crippen LogP) is 4.59. The number of aryl methyl sites for hydroxylation is 2. The molecule has 4 heteroatoms. The van der Waals surface area contributed by atoms with E-state index in [2.05, 4.69) is 24.4 Å². The van der Waals surface area contributed by atoms with Crippen LogP contribution >= 0.6 is 0 Å². The van der Waals surface area contributed by atoms with Crippen molar-refractivity contribution >= 4 is 11.7 Å². The second-order valence-corrected chi connectivity index (χ2v) is 5.62. The Balaban J connectivity index is 1.95. The van der Waals surface area contributed by atoms with E-state index in [0.29, 0.717) is 6.54 Å². The lowest BCUT2D eigenvalue weighted by molar-refractivity contribution is 0.217. The maximum Gasteiger partial charge on any atom is 0.321 e. The molecule has 0 aliphatic rings. The maximum atomic E-state index is 12.2. The zero-order valence-electron chi connectivity index (χ0n) is 13.6. The Morgan fingerprint density at radius 3 is 2.77 bits per heavy atom. The number of unbranched alkanes of at least 4 members (excludes halogenated alkanes) is 1. The number of urea groups is 1. The van der Waals surface area contributed by atoms with Crippen LogP contribution in [0.15, 0.2) is 41.0 Å². The average Bonchev–Trinajstić information content (AvgIpc) is 3.00. The molecule has 0 atom stereocenters. The van der Waals surface area contributed by atoms with Gasteiger partial charge in [-0.25, -0.2) is 4.79 Å². The quantitative estimate of drug-likeness (QED) is 0.847. The number of amides is 2. The van der Waals surface area contributed by atoms with E-state index in [1.165, 1.54) is 18.4 Å². The van der Waals surface area contributed by atoms with Crippen LogP contribution in [0, 0.1) is 6.92 Å². The van der Waals surface area contributed by atoms with Crippen molar-refractivity contribution in [3.05, 3.63) is 53.5 Å². The van der Waals surface area contributed by atoms with E-state index < -0.39 is 0 Å². The Morgan fingerprint density at radius 2 is 2.14 bits per heavy atom. The first-order valence-corrected chi connectivity index (χ1v) is 7.74. The van der Waals surface area contributed by atoms with E-state index in [-0.39, 0.29) is 6.03 Å². The Morgan fingerprint density at radius 1 is 1.32 bits per heavy atom. The SMILES string of the molecule is CCCCc1ccc(NC(=O)N(C)Cc2ccco2)c(C)c1. The first kappa shape index (κ1) is 16.1. The van der Waals surface area contributed by atoms with Gasteiger partial charge in [-0.15, -0.1) is 0 Å². The van der Waals surface area contributed by atoms with Gasteiger partial charge >= 0.3 is 6.03 Å². The van der Waals surface area contributed by atoms with E-state index in [4.69, 9.17) is 4.42 Å². The third-order valence-electron chi connectivity index (χ3n) is 3.67. The number of anilines is 1. The molecule has 2 rings (SSSR count). The molecule has 1 aromatic heterocycles. The molecule has 1 N–H and O–H groups in total. The van der Waals surface area contributed by atoms with Crippen molar-refractivity contribution in [3.63, 3.8) is 0 Å². The minimum atomic E-state index is -0.138. The molecule has 118 valence electrons. The second-order valence-electron chi connectivity index (χ2n) is 5.62. The van der Waals surface area contributed by atoms with E-state index in [9.17, 15) is 4.79 Å². The smallest absolute Gasteiger partial charge is 0.321 e. The molecule has 0 bridgehead atoms. The minimum absolute atomic E-state index is 0.138. The maximum absolute atomic E-state index is 12.2. The van der Waals surface area contributed by atoms with Gasteiger partial charge in [0.1, 0.15) is 5.76 Å². The van der Waals surface area contributed by atoms with Gasteiger partial charge < -0.3 is 14.6 Å². The molecule has 22 heavy (non-hydrogen) atoms. The average molecular weight is 300 g/mol. The van der Waals surface area contributed by atoms with Crippen molar-refractivity contribution in [2.45, 2.75) is 39.7 Å². The minimum Gasteiger partial charge on any atom is -0.467 e. The van der Waals surface area contributed by atoms with Crippen LogP contribution in [0.2, 0.25) is 0 Å². The van der Waals surface area contributed by atoms with Crippen LogP contribution in [-0.2, 0) is 13.0 Å². The highest BCUT2D eigenvalue weighted by Crippen LogP contribution is 2.18. The lowest BCUT2D eigenvalue weighted by atomic mass is 10.0. The third kappa shape index (κ3) is 4.38. The number of hydrogen-bond donors (Lipinski definition) is 1. The van der Waals surface area contributed by atoms with Crippen LogP contribution in [0.5, 0.6) is 0 Å². The van der Waals surface area contributed by atoms with Crippen LogP contribution in [0.4, 0.5) is 10.5 Å². The molecule has 2 aromatic rings. The fourth-order valence-electron chi connectivity index (χ4n) is 2.32. The molecule has 0 aliphatic heterocycles. The highest BCUT2D eigenvalue weighted by molar-refractivity contribution is 5.89. The fraction of sp³-hybridized carbons (Fsp3) is 0.389. The summed E-state index contributed by atoms with van der Waals surface area (Å²) in [6.07, 6.45) is 5.08. The zero-order valence-corrected chi connectivity index (χ0v) is 13.6. The molecule has 0 spiro atoms. The van der Waals surface area contributed by atoms with Crippen LogP contribution < -0.4 is 5.32 Å². The number of nitrogens with one attached hydrogen (secondary N) is 1. The van der Waals surface area contributed by atoms with Gasteiger partial charge in [-0.1, -0.05) is 25.5 Å². The molecule has 1 heterocycles. The van der Waals surface area contributed by atoms with E-state index >= 15 is 0 Å². The van der Waals surface area contributed by atoms with Crippen LogP contribution in [-0.4, -0.2) is 18.0 Å². The Hall–Kier alpha value is -2.23. The summed E-state index contributed by atoms with van der Waals surface area (Å²) in [6, 6.07) is 9.76. The van der Waals surface area contributed by atoms with Gasteiger partial charge in [0, 0.05) is 12.7 Å². The van der Waals surface area contributed by atoms with Gasteiger partial charge in [-0.2, -0.15) is 0 Å². The van der Waals surface area contributed by atoms with Crippen molar-refractivity contribution in [2.75, 3.05) is 12.4 Å². The lowest BCUT2D eigenvalue weighted by Crippen LogP contribution is -2.30. The summed E-state index contributed by atoms with van der Waals surface area (Å²) in [5.74, 6) is 0.768. The fourth-order valence-corrected chi connectivity index (χ4v) is 2.32. The topological polar surface area (TPSA) is 45.5 Å². The van der Waals surface area contributed by atoms with Gasteiger partial charge in [0.25, 0.3) is 0 Å². The van der Waals surface area contributed by atoms with Gasteiger partial charge in [-0.3, -0.25) is 0 Å². The standard InChI is InChI=1S/C18H24N2O2/c1-4-5-7-15-9-10-17(14(2)12-15)19-18(21)20(3)13-16-8-6-11-22-16/h6,8-12H,4-5,7,13H2,1-3H3,(H,19,21). The largest absolute Gasteiger partial charge is 0.467 e. The van der Waals surface area contributed by atoms with Crippen molar-refractivity contribution < 1.29 is 9.21 Å². The number of nitrogens with zero attached hydrogens (tertiary/aromatic N) is 1. The van der Waals surface area contributed by atoms with Gasteiger partial charge in [0.2, 0.25) is 0 Å². The lowest BCUT2D eigenvalue weighted by Gasteiger charge is -2.18. The first-order chi connectivity index (χ1) is 10.6. The second kappa shape index (κ2) is 7.69. The highest BCUT2D eigenvalue weighted by atomic mass is 16.3. The molecular formula is C18H24N2O2. The molecule has 1 aromatic carbocycles. The van der Waals surface area contributed by atoms with E-state index in [0.717, 1.165) is 23.4 Å². The van der Waals surface area contributed by atoms with Crippen molar-refractivity contribution in [1.29, 1.82) is 0 Å². The normalized spacial score (nSPS) is 10.5. The molecule has 4 nitrogen and oxygen atoms in total. The molecule has 0 aliphatic carbocycles. The van der Waals surface area contributed by atoms with Crippen LogP contribution in [0.25, 0.3) is 0 Å².